The van der Waals surface area contributed by atoms with Gasteiger partial charge in [0, 0.05) is 22.8 Å². The molecule has 2 N–H and O–H groups in total. The maximum atomic E-state index is 11.8. The fourth-order valence-electron chi connectivity index (χ4n) is 1.50. The first-order valence-corrected chi connectivity index (χ1v) is 5.58. The number of carboxylic acid groups (broad SMARTS) is 1. The second kappa shape index (κ2) is 4.61. The largest absolute Gasteiger partial charge is 0.508 e. The zero-order chi connectivity index (χ0) is 13.3. The maximum Gasteiger partial charge on any atom is 0.353 e. The average Bonchev–Trinajstić information content (AvgIpc) is 2.27. The lowest BCUT2D eigenvalue weighted by atomic mass is 10.3. The van der Waals surface area contributed by atoms with Crippen LogP contribution in [0.3, 0.4) is 0 Å². The summed E-state index contributed by atoms with van der Waals surface area (Å²) in [5.41, 5.74) is -0.682. The van der Waals surface area contributed by atoms with E-state index in [1.165, 1.54) is 12.4 Å². The highest BCUT2D eigenvalue weighted by molar-refractivity contribution is 9.10. The van der Waals surface area contributed by atoms with Crippen LogP contribution in [0.1, 0.15) is 10.5 Å². The van der Waals surface area contributed by atoms with Crippen LogP contribution in [0.4, 0.5) is 0 Å². The van der Waals surface area contributed by atoms with E-state index in [0.29, 0.717) is 10.2 Å². The molecule has 0 unspecified atom stereocenters. The molecule has 2 aromatic heterocycles. The van der Waals surface area contributed by atoms with Crippen molar-refractivity contribution in [1.82, 2.24) is 9.55 Å². The van der Waals surface area contributed by atoms with Crippen LogP contribution in [0.25, 0.3) is 5.69 Å². The number of hydrogen-bond acceptors (Lipinski definition) is 4. The van der Waals surface area contributed by atoms with Gasteiger partial charge in [0.15, 0.2) is 0 Å². The SMILES string of the molecule is O=C(O)c1cc(O)cc(=O)n1-c1cncc(Br)c1. The summed E-state index contributed by atoms with van der Waals surface area (Å²) < 4.78 is 1.57. The number of halogens is 1. The monoisotopic (exact) mass is 310 g/mol. The molecule has 0 atom stereocenters. The lowest BCUT2D eigenvalue weighted by molar-refractivity contribution is 0.0686. The van der Waals surface area contributed by atoms with Crippen LogP contribution >= 0.6 is 15.9 Å². The first-order chi connectivity index (χ1) is 8.49. The van der Waals surface area contributed by atoms with Crippen LogP contribution in [0.15, 0.2) is 39.9 Å². The summed E-state index contributed by atoms with van der Waals surface area (Å²) in [6.45, 7) is 0. The van der Waals surface area contributed by atoms with Crippen LogP contribution in [0.5, 0.6) is 5.75 Å². The molecule has 0 saturated carbocycles. The normalized spacial score (nSPS) is 10.3. The second-order valence-corrected chi connectivity index (χ2v) is 4.35. The van der Waals surface area contributed by atoms with Crippen LogP contribution in [-0.4, -0.2) is 25.7 Å². The fraction of sp³-hybridized carbons (Fsp3) is 0. The minimum Gasteiger partial charge on any atom is -0.508 e. The van der Waals surface area contributed by atoms with Crippen molar-refractivity contribution in [3.05, 3.63) is 51.1 Å². The van der Waals surface area contributed by atoms with Crippen molar-refractivity contribution in [2.24, 2.45) is 0 Å². The molecule has 2 rings (SSSR count). The van der Waals surface area contributed by atoms with Gasteiger partial charge in [0.25, 0.3) is 5.56 Å². The van der Waals surface area contributed by atoms with Gasteiger partial charge in [0.2, 0.25) is 0 Å². The second-order valence-electron chi connectivity index (χ2n) is 3.44. The molecule has 0 spiro atoms. The number of pyridine rings is 2. The van der Waals surface area contributed by atoms with Crippen LogP contribution in [0.2, 0.25) is 0 Å². The number of aromatic nitrogens is 2. The zero-order valence-corrected chi connectivity index (χ0v) is 10.5. The molecule has 0 fully saturated rings. The quantitative estimate of drug-likeness (QED) is 0.874. The predicted molar refractivity (Wildman–Crippen MR) is 66.2 cm³/mol. The van der Waals surface area contributed by atoms with Gasteiger partial charge in [-0.2, -0.15) is 0 Å². The van der Waals surface area contributed by atoms with Gasteiger partial charge in [-0.15, -0.1) is 0 Å². The van der Waals surface area contributed by atoms with Gasteiger partial charge in [-0.3, -0.25) is 14.3 Å². The number of hydrogen-bond donors (Lipinski definition) is 2. The van der Waals surface area contributed by atoms with E-state index >= 15 is 0 Å². The van der Waals surface area contributed by atoms with Crippen molar-refractivity contribution in [2.75, 3.05) is 0 Å². The molecule has 0 amide bonds. The van der Waals surface area contributed by atoms with E-state index in [-0.39, 0.29) is 5.69 Å². The van der Waals surface area contributed by atoms with E-state index in [9.17, 15) is 14.7 Å². The number of nitrogens with zero attached hydrogens (tertiary/aromatic N) is 2. The molecule has 18 heavy (non-hydrogen) atoms. The summed E-state index contributed by atoms with van der Waals surface area (Å²) in [5.74, 6) is -1.71. The first kappa shape index (κ1) is 12.3. The van der Waals surface area contributed by atoms with Gasteiger partial charge in [0.05, 0.1) is 11.9 Å². The van der Waals surface area contributed by atoms with Crippen LogP contribution in [0, 0.1) is 0 Å². The highest BCUT2D eigenvalue weighted by Crippen LogP contribution is 2.16. The van der Waals surface area contributed by atoms with Crippen molar-refractivity contribution >= 4 is 21.9 Å². The fourth-order valence-corrected chi connectivity index (χ4v) is 1.86. The Balaban J connectivity index is 2.78. The molecule has 7 heteroatoms. The number of rotatable bonds is 2. The summed E-state index contributed by atoms with van der Waals surface area (Å²) in [7, 11) is 0. The maximum absolute atomic E-state index is 11.8. The van der Waals surface area contributed by atoms with Crippen molar-refractivity contribution in [3.8, 4) is 11.4 Å². The molecule has 0 aliphatic carbocycles. The molecule has 92 valence electrons. The number of carbonyl (C=O) groups is 1. The topological polar surface area (TPSA) is 92.4 Å². The van der Waals surface area contributed by atoms with E-state index in [1.807, 2.05) is 0 Å². The van der Waals surface area contributed by atoms with E-state index < -0.39 is 17.3 Å². The van der Waals surface area contributed by atoms with Crippen LogP contribution in [-0.2, 0) is 0 Å². The Morgan fingerprint density at radius 1 is 1.28 bits per heavy atom. The number of aromatic carboxylic acids is 1. The molecular weight excluding hydrogens is 304 g/mol. The molecule has 2 heterocycles. The summed E-state index contributed by atoms with van der Waals surface area (Å²) in [6.07, 6.45) is 2.87. The molecule has 0 radical (unpaired) electrons. The Bertz CT molecular complexity index is 681. The van der Waals surface area contributed by atoms with E-state index in [0.717, 1.165) is 16.7 Å². The Labute approximate surface area is 109 Å². The minimum atomic E-state index is -1.32. The average molecular weight is 311 g/mol. The number of aromatic hydroxyl groups is 1. The predicted octanol–water partition coefficient (Wildman–Crippen LogP) is 1.40. The van der Waals surface area contributed by atoms with Gasteiger partial charge < -0.3 is 10.2 Å². The third-order valence-corrected chi connectivity index (χ3v) is 2.62. The summed E-state index contributed by atoms with van der Waals surface area (Å²) in [4.78, 5) is 26.7. The Kier molecular flexibility index (Phi) is 3.15. The molecule has 0 bridgehead atoms. The highest BCUT2D eigenvalue weighted by Gasteiger charge is 2.14. The van der Waals surface area contributed by atoms with Gasteiger partial charge in [-0.1, -0.05) is 0 Å². The Hall–Kier alpha value is -2.15. The minimum absolute atomic E-state index is 0.298. The summed E-state index contributed by atoms with van der Waals surface area (Å²) in [6, 6.07) is 3.50. The van der Waals surface area contributed by atoms with Crippen molar-refractivity contribution in [3.63, 3.8) is 0 Å². The standard InChI is InChI=1S/C11H7BrN2O4/c12-6-1-7(5-13-4-6)14-9(11(17)18)2-8(15)3-10(14)16/h1-5,15H,(H,17,18). The van der Waals surface area contributed by atoms with Crippen molar-refractivity contribution < 1.29 is 15.0 Å². The van der Waals surface area contributed by atoms with Crippen molar-refractivity contribution in [2.45, 2.75) is 0 Å². The smallest absolute Gasteiger partial charge is 0.353 e. The molecule has 0 aliphatic rings. The molecular formula is C11H7BrN2O4. The summed E-state index contributed by atoms with van der Waals surface area (Å²) in [5, 5.41) is 18.3. The third kappa shape index (κ3) is 2.25. The van der Waals surface area contributed by atoms with E-state index in [2.05, 4.69) is 20.9 Å². The Morgan fingerprint density at radius 2 is 2.00 bits per heavy atom. The molecule has 2 aromatic rings. The van der Waals surface area contributed by atoms with Gasteiger partial charge in [-0.25, -0.2) is 4.79 Å². The highest BCUT2D eigenvalue weighted by atomic mass is 79.9. The molecule has 0 aliphatic heterocycles. The zero-order valence-electron chi connectivity index (χ0n) is 8.87. The number of carboxylic acids is 1. The van der Waals surface area contributed by atoms with Gasteiger partial charge in [-0.05, 0) is 22.0 Å². The molecule has 6 nitrogen and oxygen atoms in total. The third-order valence-electron chi connectivity index (χ3n) is 2.19. The lowest BCUT2D eigenvalue weighted by Gasteiger charge is -2.09. The molecule has 0 saturated heterocycles. The van der Waals surface area contributed by atoms with Crippen molar-refractivity contribution in [1.29, 1.82) is 0 Å². The lowest BCUT2D eigenvalue weighted by Crippen LogP contribution is -2.23. The molecule has 0 aromatic carbocycles. The summed E-state index contributed by atoms with van der Waals surface area (Å²) >= 11 is 3.19. The van der Waals surface area contributed by atoms with Gasteiger partial charge in [0.1, 0.15) is 11.4 Å². The van der Waals surface area contributed by atoms with Gasteiger partial charge >= 0.3 is 5.97 Å². The first-order valence-electron chi connectivity index (χ1n) is 4.79. The van der Waals surface area contributed by atoms with Crippen LogP contribution < -0.4 is 5.56 Å². The van der Waals surface area contributed by atoms with E-state index in [4.69, 9.17) is 5.11 Å². The van der Waals surface area contributed by atoms with E-state index in [1.54, 1.807) is 6.07 Å². The Morgan fingerprint density at radius 3 is 2.61 bits per heavy atom.